The number of hydrogen-bond acceptors (Lipinski definition) is 5. The SMILES string of the molecule is Cc1cccc(-n2ncc3c(Oc4cccc5cccnc45)ncnc32)c1. The first-order valence-corrected chi connectivity index (χ1v) is 8.57. The number of ether oxygens (including phenoxy) is 1. The van der Waals surface area contributed by atoms with Crippen molar-refractivity contribution in [3.05, 3.63) is 78.9 Å². The molecule has 0 atom stereocenters. The minimum atomic E-state index is 0.456. The van der Waals surface area contributed by atoms with Crippen molar-refractivity contribution in [2.45, 2.75) is 6.92 Å². The standard InChI is InChI=1S/C21H15N5O/c1-14-5-2-8-16(11-14)26-20-17(12-25-26)21(24-13-23-20)27-18-9-3-6-15-7-4-10-22-19(15)18/h2-13H,1H3. The monoisotopic (exact) mass is 353 g/mol. The number of fused-ring (bicyclic) bond motifs is 2. The summed E-state index contributed by atoms with van der Waals surface area (Å²) in [6, 6.07) is 17.8. The van der Waals surface area contributed by atoms with Crippen molar-refractivity contribution in [3.63, 3.8) is 0 Å². The number of rotatable bonds is 3. The smallest absolute Gasteiger partial charge is 0.233 e. The Morgan fingerprint density at radius 3 is 2.74 bits per heavy atom. The van der Waals surface area contributed by atoms with Gasteiger partial charge in [-0.15, -0.1) is 0 Å². The van der Waals surface area contributed by atoms with Gasteiger partial charge in [0.05, 0.1) is 11.9 Å². The van der Waals surface area contributed by atoms with Crippen LogP contribution in [0.2, 0.25) is 0 Å². The van der Waals surface area contributed by atoms with Gasteiger partial charge in [-0.25, -0.2) is 14.6 Å². The fourth-order valence-electron chi connectivity index (χ4n) is 3.12. The second-order valence-corrected chi connectivity index (χ2v) is 6.24. The molecule has 5 aromatic rings. The van der Waals surface area contributed by atoms with E-state index in [-0.39, 0.29) is 0 Å². The molecule has 0 aliphatic heterocycles. The third kappa shape index (κ3) is 2.67. The average Bonchev–Trinajstić information content (AvgIpc) is 3.13. The van der Waals surface area contributed by atoms with Crippen LogP contribution in [0.25, 0.3) is 27.6 Å². The molecule has 130 valence electrons. The number of aryl methyl sites for hydroxylation is 1. The molecule has 27 heavy (non-hydrogen) atoms. The summed E-state index contributed by atoms with van der Waals surface area (Å²) in [5.74, 6) is 1.11. The van der Waals surface area contributed by atoms with Gasteiger partial charge in [0.2, 0.25) is 5.88 Å². The topological polar surface area (TPSA) is 65.7 Å². The number of pyridine rings is 1. The molecule has 0 N–H and O–H groups in total. The van der Waals surface area contributed by atoms with Gasteiger partial charge in [0.15, 0.2) is 11.4 Å². The highest BCUT2D eigenvalue weighted by molar-refractivity contribution is 5.86. The van der Waals surface area contributed by atoms with Gasteiger partial charge in [-0.05, 0) is 36.8 Å². The van der Waals surface area contributed by atoms with Gasteiger partial charge in [0, 0.05) is 11.6 Å². The molecule has 0 unspecified atom stereocenters. The van der Waals surface area contributed by atoms with E-state index in [1.165, 1.54) is 6.33 Å². The van der Waals surface area contributed by atoms with Crippen LogP contribution >= 0.6 is 0 Å². The van der Waals surface area contributed by atoms with E-state index in [0.29, 0.717) is 17.3 Å². The number of benzene rings is 2. The van der Waals surface area contributed by atoms with Crippen LogP contribution in [0.4, 0.5) is 0 Å². The molecule has 0 amide bonds. The Bertz CT molecular complexity index is 1270. The van der Waals surface area contributed by atoms with Crippen molar-refractivity contribution in [1.29, 1.82) is 0 Å². The van der Waals surface area contributed by atoms with Gasteiger partial charge in [-0.3, -0.25) is 4.98 Å². The Labute approximate surface area is 155 Å². The summed E-state index contributed by atoms with van der Waals surface area (Å²) in [6.07, 6.45) is 4.97. The second kappa shape index (κ2) is 6.17. The highest BCUT2D eigenvalue weighted by Gasteiger charge is 2.14. The molecule has 0 saturated carbocycles. The Morgan fingerprint density at radius 1 is 0.926 bits per heavy atom. The lowest BCUT2D eigenvalue weighted by Gasteiger charge is -2.08. The lowest BCUT2D eigenvalue weighted by Crippen LogP contribution is -1.98. The molecule has 0 saturated heterocycles. The third-order valence-electron chi connectivity index (χ3n) is 4.38. The van der Waals surface area contributed by atoms with E-state index in [1.807, 2.05) is 55.5 Å². The highest BCUT2D eigenvalue weighted by Crippen LogP contribution is 2.31. The number of aromatic nitrogens is 5. The zero-order chi connectivity index (χ0) is 18.2. The molecule has 6 heteroatoms. The van der Waals surface area contributed by atoms with Crippen molar-refractivity contribution in [2.75, 3.05) is 0 Å². The second-order valence-electron chi connectivity index (χ2n) is 6.24. The van der Waals surface area contributed by atoms with Gasteiger partial charge in [-0.2, -0.15) is 5.10 Å². The van der Waals surface area contributed by atoms with E-state index in [9.17, 15) is 0 Å². The van der Waals surface area contributed by atoms with Crippen LogP contribution in [0.3, 0.4) is 0 Å². The van der Waals surface area contributed by atoms with Crippen LogP contribution in [-0.2, 0) is 0 Å². The van der Waals surface area contributed by atoms with Crippen LogP contribution < -0.4 is 4.74 Å². The number of para-hydroxylation sites is 1. The average molecular weight is 353 g/mol. The summed E-state index contributed by atoms with van der Waals surface area (Å²) in [4.78, 5) is 13.2. The zero-order valence-corrected chi connectivity index (χ0v) is 14.6. The van der Waals surface area contributed by atoms with E-state index in [4.69, 9.17) is 4.74 Å². The molecule has 0 aliphatic rings. The van der Waals surface area contributed by atoms with Crippen LogP contribution in [0.15, 0.2) is 73.3 Å². The van der Waals surface area contributed by atoms with Gasteiger partial charge in [-0.1, -0.05) is 30.3 Å². The molecule has 0 aliphatic carbocycles. The normalized spacial score (nSPS) is 11.1. The molecular weight excluding hydrogens is 338 g/mol. The van der Waals surface area contributed by atoms with Crippen LogP contribution in [0.1, 0.15) is 5.56 Å². The summed E-state index contributed by atoms with van der Waals surface area (Å²) in [6.45, 7) is 2.05. The molecule has 0 fully saturated rings. The first-order chi connectivity index (χ1) is 13.3. The van der Waals surface area contributed by atoms with E-state index in [0.717, 1.165) is 27.5 Å². The molecule has 0 spiro atoms. The molecule has 2 aromatic carbocycles. The first kappa shape index (κ1) is 15.5. The van der Waals surface area contributed by atoms with Gasteiger partial charge in [0.1, 0.15) is 17.2 Å². The summed E-state index contributed by atoms with van der Waals surface area (Å²) in [5, 5.41) is 6.24. The van der Waals surface area contributed by atoms with Crippen molar-refractivity contribution >= 4 is 21.9 Å². The van der Waals surface area contributed by atoms with E-state index >= 15 is 0 Å². The van der Waals surface area contributed by atoms with E-state index in [1.54, 1.807) is 17.1 Å². The third-order valence-corrected chi connectivity index (χ3v) is 4.38. The van der Waals surface area contributed by atoms with E-state index in [2.05, 4.69) is 26.1 Å². The highest BCUT2D eigenvalue weighted by atomic mass is 16.5. The molecule has 6 nitrogen and oxygen atoms in total. The molecule has 3 aromatic heterocycles. The maximum Gasteiger partial charge on any atom is 0.233 e. The van der Waals surface area contributed by atoms with Crippen molar-refractivity contribution in [2.24, 2.45) is 0 Å². The molecule has 0 bridgehead atoms. The molecule has 3 heterocycles. The quantitative estimate of drug-likeness (QED) is 0.479. The zero-order valence-electron chi connectivity index (χ0n) is 14.6. The summed E-state index contributed by atoms with van der Waals surface area (Å²) in [7, 11) is 0. The predicted octanol–water partition coefficient (Wildman–Crippen LogP) is 4.46. The molecule has 0 radical (unpaired) electrons. The first-order valence-electron chi connectivity index (χ1n) is 8.57. The van der Waals surface area contributed by atoms with Gasteiger partial charge in [0.25, 0.3) is 0 Å². The van der Waals surface area contributed by atoms with Gasteiger partial charge < -0.3 is 4.74 Å². The minimum absolute atomic E-state index is 0.456. The minimum Gasteiger partial charge on any atom is -0.436 e. The maximum atomic E-state index is 6.11. The summed E-state index contributed by atoms with van der Waals surface area (Å²) in [5.41, 5.74) is 3.58. The lowest BCUT2D eigenvalue weighted by atomic mass is 10.2. The van der Waals surface area contributed by atoms with E-state index < -0.39 is 0 Å². The molecular formula is C21H15N5O. The van der Waals surface area contributed by atoms with Crippen LogP contribution in [0.5, 0.6) is 11.6 Å². The van der Waals surface area contributed by atoms with Crippen molar-refractivity contribution in [1.82, 2.24) is 24.7 Å². The Kier molecular flexibility index (Phi) is 3.53. The largest absolute Gasteiger partial charge is 0.436 e. The molecule has 5 rings (SSSR count). The van der Waals surface area contributed by atoms with Crippen LogP contribution in [-0.4, -0.2) is 24.7 Å². The number of nitrogens with zero attached hydrogens (tertiary/aromatic N) is 5. The Hall–Kier alpha value is -3.80. The summed E-state index contributed by atoms with van der Waals surface area (Å²) < 4.78 is 7.90. The fourth-order valence-corrected chi connectivity index (χ4v) is 3.12. The Balaban J connectivity index is 1.62. The van der Waals surface area contributed by atoms with Gasteiger partial charge >= 0.3 is 0 Å². The maximum absolute atomic E-state index is 6.11. The summed E-state index contributed by atoms with van der Waals surface area (Å²) >= 11 is 0. The van der Waals surface area contributed by atoms with Crippen molar-refractivity contribution < 1.29 is 4.74 Å². The predicted molar refractivity (Wildman–Crippen MR) is 103 cm³/mol. The van der Waals surface area contributed by atoms with Crippen LogP contribution in [0, 0.1) is 6.92 Å². The van der Waals surface area contributed by atoms with Crippen molar-refractivity contribution in [3.8, 4) is 17.3 Å². The lowest BCUT2D eigenvalue weighted by molar-refractivity contribution is 0.472. The number of hydrogen-bond donors (Lipinski definition) is 0. The fraction of sp³-hybridized carbons (Fsp3) is 0.0476. The Morgan fingerprint density at radius 2 is 1.81 bits per heavy atom.